The Morgan fingerprint density at radius 2 is 1.54 bits per heavy atom. The van der Waals surface area contributed by atoms with Crippen LogP contribution in [0.1, 0.15) is 0 Å². The molecule has 0 saturated heterocycles. The smallest absolute Gasteiger partial charge is 0.423 e. The Balaban J connectivity index is 2.35. The van der Waals surface area contributed by atoms with Crippen molar-refractivity contribution in [3.8, 4) is 17.8 Å². The first-order valence-electron chi connectivity index (χ1n) is 6.19. The zero-order valence-electron chi connectivity index (χ0n) is 11.9. The number of ether oxygens (including phenoxy) is 2. The van der Waals surface area contributed by atoms with Gasteiger partial charge in [0.1, 0.15) is 5.75 Å². The number of hydrogen-bond acceptors (Lipinski definition) is 5. The van der Waals surface area contributed by atoms with Crippen molar-refractivity contribution in [2.45, 2.75) is 18.5 Å². The average molecular weight is 443 g/mol. The molecular formula is C12H4Cl3F6N3O2. The van der Waals surface area contributed by atoms with E-state index in [1.54, 1.807) is 0 Å². The van der Waals surface area contributed by atoms with Crippen LogP contribution in [0.4, 0.5) is 26.3 Å². The molecule has 0 amide bonds. The first-order chi connectivity index (χ1) is 11.9. The molecule has 1 unspecified atom stereocenters. The maximum atomic E-state index is 13.6. The van der Waals surface area contributed by atoms with Crippen molar-refractivity contribution in [2.24, 2.45) is 0 Å². The standard InChI is InChI=1S/C12H4Cl3F6N3O2/c13-4-1-2-6(5(14)3-4)25-9-22-8(15)23-10(24-9)26-11(18,7(16)17)12(19,20)21/h1-3,7H. The number of halogens is 9. The minimum Gasteiger partial charge on any atom is -0.423 e. The third kappa shape index (κ3) is 4.51. The number of nitrogens with zero attached hydrogens (tertiary/aromatic N) is 3. The summed E-state index contributed by atoms with van der Waals surface area (Å²) in [6, 6.07) is 1.58. The molecule has 0 fully saturated rings. The van der Waals surface area contributed by atoms with E-state index in [0.29, 0.717) is 0 Å². The van der Waals surface area contributed by atoms with Gasteiger partial charge in [-0.3, -0.25) is 0 Å². The SMILES string of the molecule is FC(F)C(F)(Oc1nc(Cl)nc(Oc2ccc(Cl)cc2Cl)n1)C(F)(F)F. The molecule has 0 N–H and O–H groups in total. The van der Waals surface area contributed by atoms with Crippen molar-refractivity contribution in [3.05, 3.63) is 33.5 Å². The normalized spacial score (nSPS) is 14.2. The van der Waals surface area contributed by atoms with E-state index < -0.39 is 35.8 Å². The second kappa shape index (κ2) is 7.49. The zero-order valence-corrected chi connectivity index (χ0v) is 14.1. The minimum atomic E-state index is -6.08. The molecule has 1 heterocycles. The monoisotopic (exact) mass is 441 g/mol. The number of hydrogen-bond donors (Lipinski definition) is 0. The van der Waals surface area contributed by atoms with E-state index in [2.05, 4.69) is 19.7 Å². The van der Waals surface area contributed by atoms with E-state index in [4.69, 9.17) is 39.5 Å². The molecule has 14 heteroatoms. The highest BCUT2D eigenvalue weighted by Gasteiger charge is 2.66. The molecular weight excluding hydrogens is 438 g/mol. The fourth-order valence-corrected chi connectivity index (χ4v) is 2.01. The molecule has 0 bridgehead atoms. The van der Waals surface area contributed by atoms with Gasteiger partial charge < -0.3 is 9.47 Å². The minimum absolute atomic E-state index is 0.0424. The lowest BCUT2D eigenvalue weighted by atomic mass is 10.3. The van der Waals surface area contributed by atoms with Gasteiger partial charge in [-0.25, -0.2) is 8.78 Å². The van der Waals surface area contributed by atoms with Crippen molar-refractivity contribution in [1.82, 2.24) is 15.0 Å². The van der Waals surface area contributed by atoms with Crippen LogP contribution in [-0.4, -0.2) is 33.4 Å². The Hall–Kier alpha value is -1.72. The number of rotatable bonds is 5. The van der Waals surface area contributed by atoms with Crippen molar-refractivity contribution < 1.29 is 35.8 Å². The van der Waals surface area contributed by atoms with Crippen molar-refractivity contribution in [1.29, 1.82) is 0 Å². The Labute approximate surface area is 155 Å². The number of aromatic nitrogens is 3. The highest BCUT2D eigenvalue weighted by atomic mass is 35.5. The van der Waals surface area contributed by atoms with E-state index in [0.717, 1.165) is 0 Å². The molecule has 1 aromatic heterocycles. The van der Waals surface area contributed by atoms with Gasteiger partial charge in [0.15, 0.2) is 0 Å². The molecule has 142 valence electrons. The molecule has 0 aliphatic carbocycles. The lowest BCUT2D eigenvalue weighted by molar-refractivity contribution is -0.341. The van der Waals surface area contributed by atoms with Gasteiger partial charge in [0.25, 0.3) is 0 Å². The molecule has 0 saturated carbocycles. The topological polar surface area (TPSA) is 57.1 Å². The molecule has 1 atom stereocenters. The lowest BCUT2D eigenvalue weighted by Crippen LogP contribution is -2.52. The zero-order chi connectivity index (χ0) is 19.7. The highest BCUT2D eigenvalue weighted by molar-refractivity contribution is 6.35. The van der Waals surface area contributed by atoms with Gasteiger partial charge in [0.2, 0.25) is 5.28 Å². The summed E-state index contributed by atoms with van der Waals surface area (Å²) >= 11 is 16.9. The number of alkyl halides is 6. The van der Waals surface area contributed by atoms with Crippen LogP contribution in [0.3, 0.4) is 0 Å². The fourth-order valence-electron chi connectivity index (χ4n) is 1.42. The molecule has 26 heavy (non-hydrogen) atoms. The van der Waals surface area contributed by atoms with Crippen molar-refractivity contribution in [3.63, 3.8) is 0 Å². The largest absolute Gasteiger partial charge is 0.466 e. The van der Waals surface area contributed by atoms with Gasteiger partial charge in [-0.2, -0.15) is 27.5 Å². The lowest BCUT2D eigenvalue weighted by Gasteiger charge is -2.26. The van der Waals surface area contributed by atoms with Gasteiger partial charge in [0.05, 0.1) is 5.02 Å². The van der Waals surface area contributed by atoms with Gasteiger partial charge in [0, 0.05) is 5.02 Å². The molecule has 2 rings (SSSR count). The van der Waals surface area contributed by atoms with Crippen LogP contribution in [0.15, 0.2) is 18.2 Å². The fraction of sp³-hybridized carbons (Fsp3) is 0.250. The van der Waals surface area contributed by atoms with Gasteiger partial charge in [-0.15, -0.1) is 4.98 Å². The summed E-state index contributed by atoms with van der Waals surface area (Å²) in [5, 5.41) is -0.613. The quantitative estimate of drug-likeness (QED) is 0.573. The highest BCUT2D eigenvalue weighted by Crippen LogP contribution is 2.40. The van der Waals surface area contributed by atoms with Crippen LogP contribution in [0.25, 0.3) is 0 Å². The summed E-state index contributed by atoms with van der Waals surface area (Å²) in [4.78, 5) is 9.55. The summed E-state index contributed by atoms with van der Waals surface area (Å²) in [6.07, 6.45) is -10.7. The van der Waals surface area contributed by atoms with Gasteiger partial charge in [-0.1, -0.05) is 23.2 Å². The maximum absolute atomic E-state index is 13.6. The van der Waals surface area contributed by atoms with E-state index in [-0.39, 0.29) is 15.8 Å². The van der Waals surface area contributed by atoms with Crippen LogP contribution in [0.2, 0.25) is 15.3 Å². The molecule has 0 aliphatic heterocycles. The predicted octanol–water partition coefficient (Wildman–Crippen LogP) is 5.50. The van der Waals surface area contributed by atoms with Gasteiger partial charge in [-0.05, 0) is 29.8 Å². The third-order valence-electron chi connectivity index (χ3n) is 2.57. The van der Waals surface area contributed by atoms with Crippen LogP contribution >= 0.6 is 34.8 Å². The Kier molecular flexibility index (Phi) is 5.93. The summed E-state index contributed by atoms with van der Waals surface area (Å²) in [5.41, 5.74) is 0. The van der Waals surface area contributed by atoms with E-state index in [1.807, 2.05) is 0 Å². The molecule has 1 aromatic carbocycles. The first kappa shape index (κ1) is 20.6. The van der Waals surface area contributed by atoms with Gasteiger partial charge >= 0.3 is 30.5 Å². The summed E-state index contributed by atoms with van der Waals surface area (Å²) in [7, 11) is 0. The van der Waals surface area contributed by atoms with E-state index in [1.165, 1.54) is 18.2 Å². The molecule has 0 spiro atoms. The first-order valence-corrected chi connectivity index (χ1v) is 7.33. The Morgan fingerprint density at radius 1 is 0.923 bits per heavy atom. The molecule has 5 nitrogen and oxygen atoms in total. The maximum Gasteiger partial charge on any atom is 0.466 e. The van der Waals surface area contributed by atoms with Crippen LogP contribution in [-0.2, 0) is 0 Å². The Morgan fingerprint density at radius 3 is 2.08 bits per heavy atom. The second-order valence-electron chi connectivity index (χ2n) is 4.39. The Bertz CT molecular complexity index is 810. The summed E-state index contributed by atoms with van der Waals surface area (Å²) in [5.74, 6) is -5.48. The summed E-state index contributed by atoms with van der Waals surface area (Å²) in [6.45, 7) is 0. The second-order valence-corrected chi connectivity index (χ2v) is 5.57. The third-order valence-corrected chi connectivity index (χ3v) is 3.27. The average Bonchev–Trinajstić information content (AvgIpc) is 2.48. The molecule has 0 radical (unpaired) electrons. The summed E-state index contributed by atoms with van der Waals surface area (Å²) < 4.78 is 84.9. The van der Waals surface area contributed by atoms with Crippen LogP contribution in [0.5, 0.6) is 17.8 Å². The predicted molar refractivity (Wildman–Crippen MR) is 77.9 cm³/mol. The van der Waals surface area contributed by atoms with Crippen molar-refractivity contribution in [2.75, 3.05) is 0 Å². The number of benzene rings is 1. The van der Waals surface area contributed by atoms with Crippen LogP contribution in [0, 0.1) is 0 Å². The van der Waals surface area contributed by atoms with E-state index >= 15 is 0 Å². The van der Waals surface area contributed by atoms with Crippen LogP contribution < -0.4 is 9.47 Å². The molecule has 0 aliphatic rings. The van der Waals surface area contributed by atoms with Crippen molar-refractivity contribution >= 4 is 34.8 Å². The van der Waals surface area contributed by atoms with E-state index in [9.17, 15) is 26.3 Å². The molecule has 2 aromatic rings.